The highest BCUT2D eigenvalue weighted by molar-refractivity contribution is 6.32. The van der Waals surface area contributed by atoms with Crippen molar-refractivity contribution in [3.05, 3.63) is 35.3 Å². The van der Waals surface area contributed by atoms with Crippen LogP contribution in [-0.2, 0) is 9.59 Å². The van der Waals surface area contributed by atoms with Crippen molar-refractivity contribution in [2.45, 2.75) is 19.9 Å². The minimum Gasteiger partial charge on any atom is -0.480 e. The van der Waals surface area contributed by atoms with Gasteiger partial charge in [0.1, 0.15) is 17.7 Å². The summed E-state index contributed by atoms with van der Waals surface area (Å²) in [6, 6.07) is 3.88. The Labute approximate surface area is 132 Å². The molecule has 1 heterocycles. The van der Waals surface area contributed by atoms with Crippen molar-refractivity contribution in [1.29, 1.82) is 5.26 Å². The lowest BCUT2D eigenvalue weighted by atomic mass is 10.0. The number of hydrogen-bond donors (Lipinski definition) is 3. The van der Waals surface area contributed by atoms with E-state index in [1.165, 1.54) is 6.20 Å². The Hall–Kier alpha value is -2.59. The number of carboxylic acids is 1. The molecule has 1 aromatic rings. The van der Waals surface area contributed by atoms with Gasteiger partial charge in [-0.15, -0.1) is 0 Å². The first-order valence-electron chi connectivity index (χ1n) is 6.37. The highest BCUT2D eigenvalue weighted by Crippen LogP contribution is 2.17. The third-order valence-electron chi connectivity index (χ3n) is 2.72. The summed E-state index contributed by atoms with van der Waals surface area (Å²) in [5.74, 6) is -2.26. The Balaban J connectivity index is 2.85. The number of rotatable bonds is 6. The van der Waals surface area contributed by atoms with Crippen LogP contribution in [0.2, 0.25) is 5.15 Å². The average molecular weight is 323 g/mol. The van der Waals surface area contributed by atoms with Crippen molar-refractivity contribution in [3.8, 4) is 6.07 Å². The van der Waals surface area contributed by atoms with Crippen molar-refractivity contribution in [1.82, 2.24) is 10.3 Å². The topological polar surface area (TPSA) is 115 Å². The Morgan fingerprint density at radius 3 is 2.68 bits per heavy atom. The number of carbonyl (C=O) groups is 2. The van der Waals surface area contributed by atoms with Crippen LogP contribution in [0.1, 0.15) is 13.8 Å². The lowest BCUT2D eigenvalue weighted by Gasteiger charge is -2.17. The summed E-state index contributed by atoms with van der Waals surface area (Å²) >= 11 is 5.83. The smallest absolute Gasteiger partial charge is 0.326 e. The molecule has 0 aliphatic rings. The largest absolute Gasteiger partial charge is 0.480 e. The van der Waals surface area contributed by atoms with Gasteiger partial charge in [-0.25, -0.2) is 9.78 Å². The van der Waals surface area contributed by atoms with Gasteiger partial charge in [-0.05, 0) is 18.1 Å². The molecule has 1 unspecified atom stereocenters. The molecule has 0 fully saturated rings. The van der Waals surface area contributed by atoms with E-state index in [1.54, 1.807) is 32.0 Å². The van der Waals surface area contributed by atoms with Crippen LogP contribution in [0.4, 0.5) is 5.69 Å². The maximum absolute atomic E-state index is 11.9. The number of aliphatic carboxylic acids is 1. The maximum Gasteiger partial charge on any atom is 0.326 e. The number of anilines is 1. The summed E-state index contributed by atoms with van der Waals surface area (Å²) < 4.78 is 0. The molecule has 7 nitrogen and oxygen atoms in total. The van der Waals surface area contributed by atoms with E-state index >= 15 is 0 Å². The van der Waals surface area contributed by atoms with Crippen LogP contribution in [-0.4, -0.2) is 28.0 Å². The fourth-order valence-corrected chi connectivity index (χ4v) is 1.70. The zero-order chi connectivity index (χ0) is 16.7. The van der Waals surface area contributed by atoms with Crippen molar-refractivity contribution < 1.29 is 14.7 Å². The van der Waals surface area contributed by atoms with Gasteiger partial charge in [0.05, 0.1) is 5.69 Å². The number of nitrogens with zero attached hydrogens (tertiary/aromatic N) is 2. The molecule has 22 heavy (non-hydrogen) atoms. The highest BCUT2D eigenvalue weighted by Gasteiger charge is 2.24. The molecular weight excluding hydrogens is 308 g/mol. The minimum atomic E-state index is -1.16. The molecule has 0 bridgehead atoms. The number of hydrogen-bond acceptors (Lipinski definition) is 5. The van der Waals surface area contributed by atoms with E-state index in [2.05, 4.69) is 15.6 Å². The van der Waals surface area contributed by atoms with E-state index in [0.717, 1.165) is 6.20 Å². The summed E-state index contributed by atoms with van der Waals surface area (Å²) in [5.41, 5.74) is 0.148. The molecule has 0 saturated heterocycles. The summed E-state index contributed by atoms with van der Waals surface area (Å²) in [7, 11) is 0. The molecule has 3 N–H and O–H groups in total. The molecule has 0 aliphatic heterocycles. The van der Waals surface area contributed by atoms with E-state index in [1.807, 2.05) is 0 Å². The van der Waals surface area contributed by atoms with Crippen LogP contribution in [0.25, 0.3) is 0 Å². The number of nitriles is 1. The molecule has 1 rings (SSSR count). The van der Waals surface area contributed by atoms with Gasteiger partial charge in [-0.2, -0.15) is 5.26 Å². The van der Waals surface area contributed by atoms with Crippen LogP contribution in [0.5, 0.6) is 0 Å². The van der Waals surface area contributed by atoms with Gasteiger partial charge >= 0.3 is 5.97 Å². The third kappa shape index (κ3) is 4.75. The van der Waals surface area contributed by atoms with E-state index in [-0.39, 0.29) is 16.6 Å². The molecule has 0 aromatic carbocycles. The Bertz CT molecular complexity index is 637. The molecule has 1 amide bonds. The van der Waals surface area contributed by atoms with Gasteiger partial charge in [0.2, 0.25) is 0 Å². The van der Waals surface area contributed by atoms with Gasteiger partial charge in [-0.3, -0.25) is 4.79 Å². The molecule has 1 atom stereocenters. The fourth-order valence-electron chi connectivity index (χ4n) is 1.52. The molecule has 0 radical (unpaired) electrons. The lowest BCUT2D eigenvalue weighted by Crippen LogP contribution is -2.44. The normalized spacial score (nSPS) is 12.4. The second kappa shape index (κ2) is 8.00. The van der Waals surface area contributed by atoms with Crippen LogP contribution in [0.3, 0.4) is 0 Å². The van der Waals surface area contributed by atoms with E-state index in [0.29, 0.717) is 5.69 Å². The summed E-state index contributed by atoms with van der Waals surface area (Å²) in [5, 5.41) is 23.2. The number of carboxylic acid groups (broad SMARTS) is 1. The predicted molar refractivity (Wildman–Crippen MR) is 81.0 cm³/mol. The number of halogens is 1. The van der Waals surface area contributed by atoms with Crippen LogP contribution >= 0.6 is 11.6 Å². The second-order valence-corrected chi connectivity index (χ2v) is 5.05. The molecule has 0 aliphatic carbocycles. The van der Waals surface area contributed by atoms with E-state index in [9.17, 15) is 9.59 Å². The molecule has 1 aromatic heterocycles. The average Bonchev–Trinajstić information content (AvgIpc) is 2.46. The van der Waals surface area contributed by atoms with Gasteiger partial charge in [0.25, 0.3) is 5.91 Å². The Kier molecular flexibility index (Phi) is 6.35. The van der Waals surface area contributed by atoms with Gasteiger partial charge in [-0.1, -0.05) is 25.4 Å². The number of pyridine rings is 1. The first kappa shape index (κ1) is 17.5. The van der Waals surface area contributed by atoms with E-state index < -0.39 is 17.9 Å². The summed E-state index contributed by atoms with van der Waals surface area (Å²) in [6.07, 6.45) is 2.65. The predicted octanol–water partition coefficient (Wildman–Crippen LogP) is 1.78. The van der Waals surface area contributed by atoms with Crippen molar-refractivity contribution in [3.63, 3.8) is 0 Å². The van der Waals surface area contributed by atoms with Crippen LogP contribution < -0.4 is 10.6 Å². The Morgan fingerprint density at radius 1 is 1.50 bits per heavy atom. The quantitative estimate of drug-likeness (QED) is 0.418. The first-order chi connectivity index (χ1) is 10.4. The van der Waals surface area contributed by atoms with E-state index in [4.69, 9.17) is 22.0 Å². The Morgan fingerprint density at radius 2 is 2.18 bits per heavy atom. The van der Waals surface area contributed by atoms with Gasteiger partial charge in [0, 0.05) is 12.4 Å². The number of amides is 1. The molecular formula is C14H15ClN4O3. The van der Waals surface area contributed by atoms with Crippen LogP contribution in [0.15, 0.2) is 30.1 Å². The zero-order valence-corrected chi connectivity index (χ0v) is 12.8. The molecule has 0 saturated carbocycles. The monoisotopic (exact) mass is 322 g/mol. The number of nitrogens with one attached hydrogen (secondary N) is 2. The second-order valence-electron chi connectivity index (χ2n) is 4.69. The van der Waals surface area contributed by atoms with Crippen molar-refractivity contribution >= 4 is 29.2 Å². The highest BCUT2D eigenvalue weighted by atomic mass is 35.5. The first-order valence-corrected chi connectivity index (χ1v) is 6.75. The molecule has 0 spiro atoms. The van der Waals surface area contributed by atoms with Gasteiger partial charge in [0.15, 0.2) is 5.15 Å². The lowest BCUT2D eigenvalue weighted by molar-refractivity contribution is -0.142. The number of carbonyl (C=O) groups excluding carboxylic acids is 1. The minimum absolute atomic E-state index is 0.182. The maximum atomic E-state index is 11.9. The molecule has 8 heteroatoms. The van der Waals surface area contributed by atoms with Crippen LogP contribution in [0, 0.1) is 17.2 Å². The SMILES string of the molecule is CC(C)C(NC(=O)/C(C#N)=C\Nc1cccnc1Cl)C(=O)O. The standard InChI is InChI=1S/C14H15ClN4O3/c1-8(2)11(14(21)22)19-13(20)9(6-16)7-18-10-4-3-5-17-12(10)15/h3-5,7-8,11,18H,1-2H3,(H,19,20)(H,21,22)/b9-7-. The third-order valence-corrected chi connectivity index (χ3v) is 3.02. The van der Waals surface area contributed by atoms with Gasteiger partial charge < -0.3 is 15.7 Å². The zero-order valence-electron chi connectivity index (χ0n) is 12.0. The summed E-state index contributed by atoms with van der Waals surface area (Å²) in [6.45, 7) is 3.31. The summed E-state index contributed by atoms with van der Waals surface area (Å²) in [4.78, 5) is 26.8. The number of aromatic nitrogens is 1. The van der Waals surface area contributed by atoms with Crippen molar-refractivity contribution in [2.24, 2.45) is 5.92 Å². The fraction of sp³-hybridized carbons (Fsp3) is 0.286. The molecule has 116 valence electrons. The van der Waals surface area contributed by atoms with Crippen molar-refractivity contribution in [2.75, 3.05) is 5.32 Å².